The van der Waals surface area contributed by atoms with E-state index in [1.807, 2.05) is 0 Å². The minimum Gasteiger partial charge on any atom is -0.508 e. The highest BCUT2D eigenvalue weighted by molar-refractivity contribution is 6.10. The smallest absolute Gasteiger partial charge is 0.163 e. The molecule has 2 aromatic rings. The first kappa shape index (κ1) is 23.7. The van der Waals surface area contributed by atoms with Crippen LogP contribution in [0.15, 0.2) is 54.6 Å². The number of aromatic hydroxyl groups is 2. The fraction of sp³-hybridized carbons (Fsp3) is 0.182. The van der Waals surface area contributed by atoms with Crippen molar-refractivity contribution in [1.29, 1.82) is 0 Å². The number of allylic oxidation sites excluding steroid dienone is 2. The number of hydrogen-bond acceptors (Lipinski definition) is 5. The van der Waals surface area contributed by atoms with Crippen molar-refractivity contribution in [3.05, 3.63) is 65.7 Å². The van der Waals surface area contributed by atoms with Gasteiger partial charge in [-0.2, -0.15) is 0 Å². The number of ether oxygens (including phenoxy) is 1. The SMILES string of the molecule is C.C.COc1cc(/C=C/C(=O)CC(=O)/C=C/c2ccc(O)cc2)ccc1O. The van der Waals surface area contributed by atoms with Gasteiger partial charge in [0.25, 0.3) is 0 Å². The molecule has 2 rings (SSSR count). The Bertz CT molecular complexity index is 817. The first-order valence-corrected chi connectivity index (χ1v) is 7.56. The summed E-state index contributed by atoms with van der Waals surface area (Å²) in [5, 5.41) is 18.7. The van der Waals surface area contributed by atoms with Gasteiger partial charge in [0, 0.05) is 0 Å². The standard InChI is InChI=1S/C20H18O5.2CH4/c1-25-20-12-15(6-11-19(20)24)5-10-18(23)13-17(22)9-4-14-2-7-16(21)8-3-14;;/h2-12,21,24H,13H2,1H3;2*1H4/b9-4+,10-5+;;. The number of rotatable bonds is 7. The maximum atomic E-state index is 11.8. The van der Waals surface area contributed by atoms with Crippen molar-refractivity contribution < 1.29 is 24.5 Å². The van der Waals surface area contributed by atoms with Gasteiger partial charge in [0.05, 0.1) is 13.5 Å². The molecule has 0 bridgehead atoms. The molecule has 0 aliphatic carbocycles. The third kappa shape index (κ3) is 7.61. The summed E-state index contributed by atoms with van der Waals surface area (Å²) in [7, 11) is 1.44. The van der Waals surface area contributed by atoms with E-state index in [0.29, 0.717) is 11.3 Å². The Morgan fingerprint density at radius 2 is 1.41 bits per heavy atom. The van der Waals surface area contributed by atoms with Gasteiger partial charge in [-0.25, -0.2) is 0 Å². The van der Waals surface area contributed by atoms with Gasteiger partial charge in [-0.15, -0.1) is 0 Å². The Labute approximate surface area is 160 Å². The lowest BCUT2D eigenvalue weighted by Crippen LogP contribution is -2.01. The van der Waals surface area contributed by atoms with Gasteiger partial charge in [0.15, 0.2) is 23.1 Å². The van der Waals surface area contributed by atoms with E-state index in [0.717, 1.165) is 5.56 Å². The Morgan fingerprint density at radius 3 is 1.96 bits per heavy atom. The number of methoxy groups -OCH3 is 1. The summed E-state index contributed by atoms with van der Waals surface area (Å²) in [5.74, 6) is -0.170. The van der Waals surface area contributed by atoms with Crippen LogP contribution < -0.4 is 4.74 Å². The van der Waals surface area contributed by atoms with Crippen molar-refractivity contribution >= 4 is 23.7 Å². The minimum absolute atomic E-state index is 0. The summed E-state index contributed by atoms with van der Waals surface area (Å²) in [4.78, 5) is 23.7. The van der Waals surface area contributed by atoms with Crippen molar-refractivity contribution in [1.82, 2.24) is 0 Å². The number of ketones is 2. The third-order valence-corrected chi connectivity index (χ3v) is 3.37. The van der Waals surface area contributed by atoms with Gasteiger partial charge in [-0.05, 0) is 47.5 Å². The summed E-state index contributed by atoms with van der Waals surface area (Å²) in [6.07, 6.45) is 5.56. The van der Waals surface area contributed by atoms with Crippen LogP contribution in [-0.4, -0.2) is 28.9 Å². The van der Waals surface area contributed by atoms with E-state index >= 15 is 0 Å². The Kier molecular flexibility index (Phi) is 9.91. The number of carbonyl (C=O) groups excluding carboxylic acids is 2. The predicted octanol–water partition coefficient (Wildman–Crippen LogP) is 4.63. The van der Waals surface area contributed by atoms with Crippen molar-refractivity contribution in [3.8, 4) is 17.2 Å². The van der Waals surface area contributed by atoms with E-state index in [1.54, 1.807) is 36.4 Å². The lowest BCUT2D eigenvalue weighted by Gasteiger charge is -2.03. The van der Waals surface area contributed by atoms with Gasteiger partial charge < -0.3 is 14.9 Å². The average Bonchev–Trinajstić information content (AvgIpc) is 2.60. The maximum Gasteiger partial charge on any atom is 0.163 e. The normalized spacial score (nSPS) is 10.3. The molecular formula is C22H26O5. The topological polar surface area (TPSA) is 83.8 Å². The zero-order valence-corrected chi connectivity index (χ0v) is 13.7. The molecule has 0 radical (unpaired) electrons. The summed E-state index contributed by atoms with van der Waals surface area (Å²) in [5.41, 5.74) is 1.43. The highest BCUT2D eigenvalue weighted by atomic mass is 16.5. The van der Waals surface area contributed by atoms with Crippen LogP contribution in [0.3, 0.4) is 0 Å². The third-order valence-electron chi connectivity index (χ3n) is 3.37. The number of carbonyl (C=O) groups is 2. The zero-order valence-electron chi connectivity index (χ0n) is 13.7. The van der Waals surface area contributed by atoms with E-state index in [2.05, 4.69) is 0 Å². The lowest BCUT2D eigenvalue weighted by molar-refractivity contribution is -0.121. The second kappa shape index (κ2) is 11.3. The first-order valence-electron chi connectivity index (χ1n) is 7.56. The van der Waals surface area contributed by atoms with E-state index in [-0.39, 0.29) is 44.3 Å². The van der Waals surface area contributed by atoms with Crippen LogP contribution in [0.2, 0.25) is 0 Å². The highest BCUT2D eigenvalue weighted by Crippen LogP contribution is 2.26. The van der Waals surface area contributed by atoms with Crippen LogP contribution in [0.25, 0.3) is 12.2 Å². The molecule has 0 saturated heterocycles. The second-order valence-electron chi connectivity index (χ2n) is 5.30. The zero-order chi connectivity index (χ0) is 18.2. The fourth-order valence-corrected chi connectivity index (χ4v) is 2.05. The van der Waals surface area contributed by atoms with E-state index in [9.17, 15) is 19.8 Å². The van der Waals surface area contributed by atoms with Crippen molar-refractivity contribution in [2.75, 3.05) is 7.11 Å². The molecule has 0 saturated carbocycles. The van der Waals surface area contributed by atoms with Crippen LogP contribution in [-0.2, 0) is 9.59 Å². The molecule has 5 nitrogen and oxygen atoms in total. The van der Waals surface area contributed by atoms with E-state index < -0.39 is 0 Å². The van der Waals surface area contributed by atoms with Crippen LogP contribution in [0.1, 0.15) is 32.4 Å². The summed E-state index contributed by atoms with van der Waals surface area (Å²) in [6, 6.07) is 11.1. The van der Waals surface area contributed by atoms with Crippen molar-refractivity contribution in [2.24, 2.45) is 0 Å². The number of phenols is 2. The first-order chi connectivity index (χ1) is 12.0. The van der Waals surface area contributed by atoms with E-state index in [4.69, 9.17) is 4.74 Å². The largest absolute Gasteiger partial charge is 0.508 e. The van der Waals surface area contributed by atoms with Gasteiger partial charge in [0.1, 0.15) is 5.75 Å². The highest BCUT2D eigenvalue weighted by Gasteiger charge is 2.05. The maximum absolute atomic E-state index is 11.8. The van der Waals surface area contributed by atoms with E-state index in [1.165, 1.54) is 37.5 Å². The molecule has 0 atom stereocenters. The Balaban J connectivity index is 0.00000338. The summed E-state index contributed by atoms with van der Waals surface area (Å²) in [6.45, 7) is 0. The molecular weight excluding hydrogens is 344 g/mol. The predicted molar refractivity (Wildman–Crippen MR) is 109 cm³/mol. The lowest BCUT2D eigenvalue weighted by atomic mass is 10.1. The monoisotopic (exact) mass is 370 g/mol. The van der Waals surface area contributed by atoms with Crippen LogP contribution in [0.5, 0.6) is 17.2 Å². The summed E-state index contributed by atoms with van der Waals surface area (Å²) >= 11 is 0. The van der Waals surface area contributed by atoms with Crippen molar-refractivity contribution in [2.45, 2.75) is 21.3 Å². The number of phenolic OH excluding ortho intramolecular Hbond substituents is 2. The molecule has 0 aliphatic rings. The molecule has 0 aliphatic heterocycles. The van der Waals surface area contributed by atoms with Gasteiger partial charge in [-0.1, -0.05) is 45.2 Å². The molecule has 2 N–H and O–H groups in total. The molecule has 0 heterocycles. The second-order valence-corrected chi connectivity index (χ2v) is 5.30. The van der Waals surface area contributed by atoms with Gasteiger partial charge in [0.2, 0.25) is 0 Å². The van der Waals surface area contributed by atoms with Gasteiger partial charge in [-0.3, -0.25) is 9.59 Å². The van der Waals surface area contributed by atoms with Crippen molar-refractivity contribution in [3.63, 3.8) is 0 Å². The molecule has 27 heavy (non-hydrogen) atoms. The molecule has 0 aromatic heterocycles. The molecule has 0 fully saturated rings. The van der Waals surface area contributed by atoms with Crippen LogP contribution >= 0.6 is 0 Å². The molecule has 5 heteroatoms. The van der Waals surface area contributed by atoms with Crippen LogP contribution in [0.4, 0.5) is 0 Å². The van der Waals surface area contributed by atoms with Crippen LogP contribution in [0, 0.1) is 0 Å². The fourth-order valence-electron chi connectivity index (χ4n) is 2.05. The minimum atomic E-state index is -0.326. The molecule has 144 valence electrons. The number of hydrogen-bond donors (Lipinski definition) is 2. The average molecular weight is 370 g/mol. The Morgan fingerprint density at radius 1 is 0.889 bits per heavy atom. The quantitative estimate of drug-likeness (QED) is 0.548. The molecule has 0 amide bonds. The van der Waals surface area contributed by atoms with Gasteiger partial charge >= 0.3 is 0 Å². The summed E-state index contributed by atoms with van der Waals surface area (Å²) < 4.78 is 4.99. The molecule has 2 aromatic carbocycles. The molecule has 0 spiro atoms. The molecule has 0 unspecified atom stereocenters. The Hall–Kier alpha value is -3.34. The number of benzene rings is 2.